The minimum atomic E-state index is -2.46. The van der Waals surface area contributed by atoms with E-state index in [-0.39, 0.29) is 48.3 Å². The first kappa shape index (κ1) is 32.5. The van der Waals surface area contributed by atoms with Crippen molar-refractivity contribution >= 4 is 42.4 Å². The molecule has 252 valence electrons. The van der Waals surface area contributed by atoms with E-state index >= 15 is 0 Å². The van der Waals surface area contributed by atoms with Gasteiger partial charge in [0.25, 0.3) is 5.91 Å². The Morgan fingerprint density at radius 2 is 1.79 bits per heavy atom. The molecule has 3 aromatic rings. The summed E-state index contributed by atoms with van der Waals surface area (Å²) in [5, 5.41) is 11.6. The Bertz CT molecular complexity index is 1760. The summed E-state index contributed by atoms with van der Waals surface area (Å²) in [6, 6.07) is 21.7. The van der Waals surface area contributed by atoms with E-state index in [4.69, 9.17) is 9.47 Å². The minimum absolute atomic E-state index is 0.0815. The number of anilines is 2. The molecule has 3 aromatic carbocycles. The highest BCUT2D eigenvalue weighted by Gasteiger charge is 2.66. The zero-order valence-electron chi connectivity index (χ0n) is 28.4. The molecule has 4 heterocycles. The fourth-order valence-corrected chi connectivity index (χ4v) is 13.0. The molecule has 2 fully saturated rings. The highest BCUT2D eigenvalue weighted by molar-refractivity contribution is 6.91. The molecule has 48 heavy (non-hydrogen) atoms. The summed E-state index contributed by atoms with van der Waals surface area (Å²) in [5.74, 6) is 0.356. The lowest BCUT2D eigenvalue weighted by molar-refractivity contribution is -0.150. The molecule has 3 amide bonds. The second kappa shape index (κ2) is 12.2. The fourth-order valence-electron chi connectivity index (χ4n) is 9.03. The number of methoxy groups -OCH3 is 1. The fraction of sp³-hybridized carbons (Fsp3) is 0.447. The van der Waals surface area contributed by atoms with Crippen LogP contribution in [0.25, 0.3) is 0 Å². The highest BCUT2D eigenvalue weighted by atomic mass is 28.3. The Hall–Kier alpha value is -3.99. The van der Waals surface area contributed by atoms with Gasteiger partial charge in [0.05, 0.1) is 46.0 Å². The smallest absolute Gasteiger partial charge is 0.264 e. The number of fused-ring (bicyclic) bond motifs is 3. The summed E-state index contributed by atoms with van der Waals surface area (Å²) in [4.78, 5) is 47.0. The summed E-state index contributed by atoms with van der Waals surface area (Å²) in [6.07, 6.45) is 1.45. The molecule has 0 aromatic heterocycles. The van der Waals surface area contributed by atoms with E-state index in [1.807, 2.05) is 48.5 Å². The van der Waals surface area contributed by atoms with Gasteiger partial charge in [-0.1, -0.05) is 61.6 Å². The van der Waals surface area contributed by atoms with Gasteiger partial charge in [-0.15, -0.1) is 0 Å². The van der Waals surface area contributed by atoms with E-state index in [9.17, 15) is 19.5 Å². The number of carbonyl (C=O) groups excluding carboxylic acids is 3. The lowest BCUT2D eigenvalue weighted by Crippen LogP contribution is -2.52. The topological polar surface area (TPSA) is 99.6 Å². The number of amides is 3. The molecule has 0 bridgehead atoms. The predicted molar refractivity (Wildman–Crippen MR) is 187 cm³/mol. The molecule has 7 rings (SSSR count). The van der Waals surface area contributed by atoms with Gasteiger partial charge >= 0.3 is 0 Å². The molecule has 10 heteroatoms. The molecular weight excluding hydrogens is 623 g/mol. The first-order valence-electron chi connectivity index (χ1n) is 17.0. The quantitative estimate of drug-likeness (QED) is 0.377. The van der Waals surface area contributed by atoms with Gasteiger partial charge in [-0.3, -0.25) is 14.4 Å². The number of aliphatic hydroxyl groups excluding tert-OH is 1. The lowest BCUT2D eigenvalue weighted by Gasteiger charge is -2.39. The zero-order valence-corrected chi connectivity index (χ0v) is 29.4. The second-order valence-electron chi connectivity index (χ2n) is 14.4. The van der Waals surface area contributed by atoms with Crippen LogP contribution in [0.1, 0.15) is 42.9 Å². The summed E-state index contributed by atoms with van der Waals surface area (Å²) < 4.78 is 12.6. The van der Waals surface area contributed by atoms with Crippen molar-refractivity contribution in [2.75, 3.05) is 37.1 Å². The van der Waals surface area contributed by atoms with E-state index in [1.54, 1.807) is 28.9 Å². The first-order valence-corrected chi connectivity index (χ1v) is 20.1. The van der Waals surface area contributed by atoms with Crippen molar-refractivity contribution < 1.29 is 29.0 Å². The van der Waals surface area contributed by atoms with Crippen molar-refractivity contribution in [3.8, 4) is 5.75 Å². The van der Waals surface area contributed by atoms with Gasteiger partial charge in [-0.25, -0.2) is 0 Å². The molecule has 9 nitrogen and oxygen atoms in total. The van der Waals surface area contributed by atoms with Gasteiger partial charge in [0.1, 0.15) is 5.75 Å². The van der Waals surface area contributed by atoms with E-state index in [0.29, 0.717) is 25.9 Å². The molecule has 4 aliphatic rings. The summed E-state index contributed by atoms with van der Waals surface area (Å²) >= 11 is 0. The first-order chi connectivity index (χ1) is 23.0. The van der Waals surface area contributed by atoms with Crippen LogP contribution in [0.4, 0.5) is 11.4 Å². The average molecular weight is 668 g/mol. The molecule has 0 radical (unpaired) electrons. The van der Waals surface area contributed by atoms with Gasteiger partial charge < -0.3 is 29.3 Å². The molecule has 1 N–H and O–H groups in total. The van der Waals surface area contributed by atoms with Crippen LogP contribution in [-0.4, -0.2) is 75.3 Å². The van der Waals surface area contributed by atoms with Crippen molar-refractivity contribution in [3.05, 3.63) is 83.4 Å². The Balaban J connectivity index is 1.30. The Morgan fingerprint density at radius 1 is 1.06 bits per heavy atom. The molecular formula is C38H45N3O6Si. The van der Waals surface area contributed by atoms with Gasteiger partial charge in [0, 0.05) is 43.7 Å². The van der Waals surface area contributed by atoms with Gasteiger partial charge in [0.15, 0.2) is 5.60 Å². The van der Waals surface area contributed by atoms with Crippen LogP contribution >= 0.6 is 0 Å². The number of carbonyl (C=O) groups is 3. The molecule has 0 aliphatic carbocycles. The van der Waals surface area contributed by atoms with E-state index in [2.05, 4.69) is 38.2 Å². The molecule has 4 aliphatic heterocycles. The predicted octanol–water partition coefficient (Wildman–Crippen LogP) is 4.35. The third-order valence-electron chi connectivity index (χ3n) is 11.6. The SMILES string of the molecule is COc1ccc([Si](C)(C)[C@H]2[C@H](CC(=O)N3Cc4ccccc4C[C@H]3CO)O[C@@]3(C(=O)N(C)c4ccc(N5CCCC5=O)cc43)[C@@H]2C)cc1. The van der Waals surface area contributed by atoms with Crippen LogP contribution in [-0.2, 0) is 37.7 Å². The standard InChI is InChI=1S/C38H45N3O6Si/c1-24-36(48(4,5)30-15-13-29(46-3)14-16-30)33(21-35(44)41-22-26-10-7-6-9-25(26)19-28(41)23-42)47-38(24)31-20-27(40-18-8-11-34(40)43)12-17-32(31)39(2)37(38)45/h6-7,9-10,12-17,20,24,28,33,36,42H,8,11,18-19,21-23H2,1-5H3/t24-,28+,33+,36-,38+/m1/s1. The number of likely N-dealkylation sites (N-methyl/N-ethyl adjacent to an activating group) is 1. The summed E-state index contributed by atoms with van der Waals surface area (Å²) in [7, 11) is 0.972. The van der Waals surface area contributed by atoms with Gasteiger partial charge in [-0.2, -0.15) is 0 Å². The van der Waals surface area contributed by atoms with E-state index in [1.165, 1.54) is 5.19 Å². The largest absolute Gasteiger partial charge is 0.497 e. The van der Waals surface area contributed by atoms with Gasteiger partial charge in [-0.05, 0) is 59.8 Å². The number of nitrogens with zero attached hydrogens (tertiary/aromatic N) is 3. The number of aliphatic hydroxyl groups is 1. The molecule has 1 spiro atoms. The number of hydrogen-bond acceptors (Lipinski definition) is 6. The van der Waals surface area contributed by atoms with Crippen LogP contribution in [0, 0.1) is 5.92 Å². The summed E-state index contributed by atoms with van der Waals surface area (Å²) in [6.45, 7) is 7.65. The van der Waals surface area contributed by atoms with Crippen LogP contribution < -0.4 is 19.7 Å². The van der Waals surface area contributed by atoms with Crippen molar-refractivity contribution in [2.24, 2.45) is 5.92 Å². The molecule has 2 saturated heterocycles. The molecule has 0 saturated carbocycles. The third kappa shape index (κ3) is 4.99. The summed E-state index contributed by atoms with van der Waals surface area (Å²) in [5.41, 5.74) is 3.13. The van der Waals surface area contributed by atoms with Crippen molar-refractivity contribution in [1.29, 1.82) is 0 Å². The van der Waals surface area contributed by atoms with Crippen molar-refractivity contribution in [1.82, 2.24) is 4.90 Å². The Labute approximate surface area is 283 Å². The van der Waals surface area contributed by atoms with E-state index in [0.717, 1.165) is 40.2 Å². The van der Waals surface area contributed by atoms with Crippen LogP contribution in [0.2, 0.25) is 18.6 Å². The maximum absolute atomic E-state index is 14.5. The number of ether oxygens (including phenoxy) is 2. The van der Waals surface area contributed by atoms with Crippen LogP contribution in [0.5, 0.6) is 5.75 Å². The Morgan fingerprint density at radius 3 is 2.46 bits per heavy atom. The second-order valence-corrected chi connectivity index (χ2v) is 19.1. The number of benzene rings is 3. The van der Waals surface area contributed by atoms with E-state index < -0.39 is 19.8 Å². The monoisotopic (exact) mass is 667 g/mol. The van der Waals surface area contributed by atoms with Gasteiger partial charge in [0.2, 0.25) is 11.8 Å². The van der Waals surface area contributed by atoms with Crippen molar-refractivity contribution in [2.45, 2.75) is 75.5 Å². The lowest BCUT2D eigenvalue weighted by atomic mass is 9.82. The Kier molecular flexibility index (Phi) is 8.24. The molecule has 0 unspecified atom stereocenters. The minimum Gasteiger partial charge on any atom is -0.497 e. The highest BCUT2D eigenvalue weighted by Crippen LogP contribution is 2.60. The molecule has 5 atom stereocenters. The number of rotatable bonds is 7. The van der Waals surface area contributed by atoms with Crippen LogP contribution in [0.15, 0.2) is 66.7 Å². The third-order valence-corrected chi connectivity index (χ3v) is 16.0. The maximum atomic E-state index is 14.5. The number of hydrogen-bond donors (Lipinski definition) is 1. The average Bonchev–Trinajstić information content (AvgIpc) is 3.72. The van der Waals surface area contributed by atoms with Crippen molar-refractivity contribution in [3.63, 3.8) is 0 Å². The van der Waals surface area contributed by atoms with Crippen LogP contribution in [0.3, 0.4) is 0 Å². The zero-order chi connectivity index (χ0) is 34.0. The maximum Gasteiger partial charge on any atom is 0.264 e. The normalized spacial score (nSPS) is 26.8.